The van der Waals surface area contributed by atoms with Gasteiger partial charge in [-0.1, -0.05) is 37.3 Å². The van der Waals surface area contributed by atoms with Crippen LogP contribution in [0.4, 0.5) is 0 Å². The fourth-order valence-corrected chi connectivity index (χ4v) is 4.88. The Morgan fingerprint density at radius 1 is 1.05 bits per heavy atom. The van der Waals surface area contributed by atoms with E-state index in [1.165, 1.54) is 51.4 Å². The molecule has 3 aliphatic rings. The van der Waals surface area contributed by atoms with E-state index in [4.69, 9.17) is 0 Å². The van der Waals surface area contributed by atoms with Gasteiger partial charge in [0.15, 0.2) is 0 Å². The van der Waals surface area contributed by atoms with Gasteiger partial charge in [-0.3, -0.25) is 0 Å². The van der Waals surface area contributed by atoms with E-state index in [2.05, 4.69) is 19.2 Å². The van der Waals surface area contributed by atoms with Crippen molar-refractivity contribution >= 4 is 0 Å². The SMILES string of the molecule is CC1=C2CCCC(O)C2(C)CCC1NC1CCCCC1. The van der Waals surface area contributed by atoms with Gasteiger partial charge in [0, 0.05) is 17.5 Å². The standard InChI is InChI=1S/C18H31NO/c1-13-15-9-6-10-17(20)18(15,2)12-11-16(13)19-14-7-4-3-5-8-14/h14,16-17,19-20H,3-12H2,1-2H3. The second-order valence-corrected chi connectivity index (χ2v) is 7.58. The minimum Gasteiger partial charge on any atom is -0.392 e. The van der Waals surface area contributed by atoms with Gasteiger partial charge < -0.3 is 10.4 Å². The largest absolute Gasteiger partial charge is 0.392 e. The van der Waals surface area contributed by atoms with Gasteiger partial charge in [0.1, 0.15) is 0 Å². The van der Waals surface area contributed by atoms with Gasteiger partial charge in [-0.25, -0.2) is 0 Å². The minimum atomic E-state index is -0.114. The lowest BCUT2D eigenvalue weighted by molar-refractivity contribution is 0.0216. The lowest BCUT2D eigenvalue weighted by Crippen LogP contribution is -2.48. The third kappa shape index (κ3) is 2.57. The average molecular weight is 277 g/mol. The average Bonchev–Trinajstić information content (AvgIpc) is 2.46. The van der Waals surface area contributed by atoms with E-state index in [9.17, 15) is 5.11 Å². The molecule has 0 aromatic carbocycles. The Bertz CT molecular complexity index is 383. The quantitative estimate of drug-likeness (QED) is 0.749. The van der Waals surface area contributed by atoms with Gasteiger partial charge in [-0.05, 0) is 51.9 Å². The Labute approximate surface area is 124 Å². The first kappa shape index (κ1) is 14.6. The normalized spacial score (nSPS) is 39.8. The molecule has 0 radical (unpaired) electrons. The van der Waals surface area contributed by atoms with Crippen LogP contribution in [0.15, 0.2) is 11.1 Å². The van der Waals surface area contributed by atoms with E-state index in [0.29, 0.717) is 6.04 Å². The summed E-state index contributed by atoms with van der Waals surface area (Å²) in [6, 6.07) is 1.31. The zero-order valence-electron chi connectivity index (χ0n) is 13.3. The van der Waals surface area contributed by atoms with Crippen molar-refractivity contribution in [2.75, 3.05) is 0 Å². The molecule has 2 saturated carbocycles. The van der Waals surface area contributed by atoms with Crippen LogP contribution in [-0.2, 0) is 0 Å². The molecule has 0 saturated heterocycles. The molecule has 114 valence electrons. The zero-order valence-corrected chi connectivity index (χ0v) is 13.3. The monoisotopic (exact) mass is 277 g/mol. The van der Waals surface area contributed by atoms with Crippen LogP contribution in [0.1, 0.15) is 78.1 Å². The smallest absolute Gasteiger partial charge is 0.0631 e. The molecule has 3 aliphatic carbocycles. The molecule has 2 N–H and O–H groups in total. The van der Waals surface area contributed by atoms with Crippen molar-refractivity contribution < 1.29 is 5.11 Å². The molecule has 0 amide bonds. The molecule has 2 heteroatoms. The Balaban J connectivity index is 1.75. The third-order valence-corrected chi connectivity index (χ3v) is 6.32. The van der Waals surface area contributed by atoms with Crippen LogP contribution < -0.4 is 5.32 Å². The topological polar surface area (TPSA) is 32.3 Å². The number of hydrogen-bond acceptors (Lipinski definition) is 2. The molecule has 3 unspecified atom stereocenters. The summed E-state index contributed by atoms with van der Waals surface area (Å²) in [7, 11) is 0. The molecule has 3 rings (SSSR count). The molecular formula is C18H31NO. The summed E-state index contributed by atoms with van der Waals surface area (Å²) < 4.78 is 0. The van der Waals surface area contributed by atoms with Crippen LogP contribution >= 0.6 is 0 Å². The Morgan fingerprint density at radius 3 is 2.55 bits per heavy atom. The van der Waals surface area contributed by atoms with Gasteiger partial charge in [0.25, 0.3) is 0 Å². The van der Waals surface area contributed by atoms with E-state index in [-0.39, 0.29) is 11.5 Å². The lowest BCUT2D eigenvalue weighted by Gasteiger charge is -2.47. The Morgan fingerprint density at radius 2 is 1.80 bits per heavy atom. The van der Waals surface area contributed by atoms with Crippen LogP contribution in [0.25, 0.3) is 0 Å². The van der Waals surface area contributed by atoms with Crippen molar-refractivity contribution in [1.29, 1.82) is 0 Å². The highest BCUT2D eigenvalue weighted by Gasteiger charge is 2.43. The lowest BCUT2D eigenvalue weighted by atomic mass is 9.61. The predicted octanol–water partition coefficient (Wildman–Crippen LogP) is 3.94. The van der Waals surface area contributed by atoms with Crippen molar-refractivity contribution in [3.8, 4) is 0 Å². The van der Waals surface area contributed by atoms with E-state index in [1.807, 2.05) is 0 Å². The highest BCUT2D eigenvalue weighted by atomic mass is 16.3. The summed E-state index contributed by atoms with van der Waals surface area (Å²) in [5, 5.41) is 14.4. The van der Waals surface area contributed by atoms with Crippen molar-refractivity contribution in [3.63, 3.8) is 0 Å². The summed E-state index contributed by atoms with van der Waals surface area (Å²) in [6.45, 7) is 4.62. The highest BCUT2D eigenvalue weighted by molar-refractivity contribution is 5.30. The first-order valence-electron chi connectivity index (χ1n) is 8.75. The van der Waals surface area contributed by atoms with Crippen LogP contribution in [-0.4, -0.2) is 23.3 Å². The predicted molar refractivity (Wildman–Crippen MR) is 83.7 cm³/mol. The van der Waals surface area contributed by atoms with Crippen LogP contribution in [0.2, 0.25) is 0 Å². The summed E-state index contributed by atoms with van der Waals surface area (Å²) in [5.74, 6) is 0. The first-order valence-corrected chi connectivity index (χ1v) is 8.75. The number of aliphatic hydroxyl groups is 1. The maximum atomic E-state index is 10.4. The van der Waals surface area contributed by atoms with Crippen molar-refractivity contribution in [3.05, 3.63) is 11.1 Å². The fraction of sp³-hybridized carbons (Fsp3) is 0.889. The first-order chi connectivity index (χ1) is 9.61. The maximum absolute atomic E-state index is 10.4. The van der Waals surface area contributed by atoms with Gasteiger partial charge >= 0.3 is 0 Å². The molecule has 0 aromatic rings. The minimum absolute atomic E-state index is 0.0765. The molecule has 2 fully saturated rings. The third-order valence-electron chi connectivity index (χ3n) is 6.32. The number of nitrogens with one attached hydrogen (secondary N) is 1. The zero-order chi connectivity index (χ0) is 14.2. The molecule has 3 atom stereocenters. The number of hydrogen-bond donors (Lipinski definition) is 2. The van der Waals surface area contributed by atoms with Crippen LogP contribution in [0.5, 0.6) is 0 Å². The second kappa shape index (κ2) is 5.81. The number of aliphatic hydroxyl groups excluding tert-OH is 1. The Kier molecular flexibility index (Phi) is 4.24. The van der Waals surface area contributed by atoms with Gasteiger partial charge in [0.2, 0.25) is 0 Å². The van der Waals surface area contributed by atoms with E-state index < -0.39 is 0 Å². The van der Waals surface area contributed by atoms with Crippen molar-refractivity contribution in [1.82, 2.24) is 5.32 Å². The fourth-order valence-electron chi connectivity index (χ4n) is 4.88. The van der Waals surface area contributed by atoms with Crippen molar-refractivity contribution in [2.24, 2.45) is 5.41 Å². The number of rotatable bonds is 2. The summed E-state index contributed by atoms with van der Waals surface area (Å²) >= 11 is 0. The van der Waals surface area contributed by atoms with E-state index in [1.54, 1.807) is 11.1 Å². The van der Waals surface area contributed by atoms with E-state index in [0.717, 1.165) is 18.9 Å². The van der Waals surface area contributed by atoms with Gasteiger partial charge in [0.05, 0.1) is 6.10 Å². The van der Waals surface area contributed by atoms with Crippen LogP contribution in [0.3, 0.4) is 0 Å². The molecule has 0 heterocycles. The molecule has 0 bridgehead atoms. The molecular weight excluding hydrogens is 246 g/mol. The van der Waals surface area contributed by atoms with Gasteiger partial charge in [-0.15, -0.1) is 0 Å². The maximum Gasteiger partial charge on any atom is 0.0631 e. The summed E-state index contributed by atoms with van der Waals surface area (Å²) in [5.41, 5.74) is 3.21. The van der Waals surface area contributed by atoms with Crippen LogP contribution in [0, 0.1) is 5.41 Å². The molecule has 0 spiro atoms. The van der Waals surface area contributed by atoms with Gasteiger partial charge in [-0.2, -0.15) is 0 Å². The molecule has 20 heavy (non-hydrogen) atoms. The molecule has 0 aliphatic heterocycles. The molecule has 2 nitrogen and oxygen atoms in total. The number of fused-ring (bicyclic) bond motifs is 1. The highest BCUT2D eigenvalue weighted by Crippen LogP contribution is 2.49. The second-order valence-electron chi connectivity index (χ2n) is 7.58. The van der Waals surface area contributed by atoms with E-state index >= 15 is 0 Å². The summed E-state index contributed by atoms with van der Waals surface area (Å²) in [4.78, 5) is 0. The molecule has 0 aromatic heterocycles. The Hall–Kier alpha value is -0.340. The summed E-state index contributed by atoms with van der Waals surface area (Å²) in [6.07, 6.45) is 12.6. The van der Waals surface area contributed by atoms with Crippen molar-refractivity contribution in [2.45, 2.75) is 96.2 Å².